The first-order valence-electron chi connectivity index (χ1n) is 8.94. The van der Waals surface area contributed by atoms with Crippen molar-refractivity contribution in [1.29, 1.82) is 0 Å². The highest BCUT2D eigenvalue weighted by Crippen LogP contribution is 2.35. The SMILES string of the molecule is CC(=O)N[C@@H](CC(=O)N1C[C@H](C(=O)N(C)C)Oc2ccccc21)c1cccs1. The quantitative estimate of drug-likeness (QED) is 0.833. The molecule has 28 heavy (non-hydrogen) atoms. The highest BCUT2D eigenvalue weighted by atomic mass is 32.1. The minimum Gasteiger partial charge on any atom is -0.476 e. The van der Waals surface area contributed by atoms with E-state index in [2.05, 4.69) is 5.32 Å². The van der Waals surface area contributed by atoms with Gasteiger partial charge in [0.05, 0.1) is 24.7 Å². The van der Waals surface area contributed by atoms with Crippen molar-refractivity contribution in [1.82, 2.24) is 10.2 Å². The Balaban J connectivity index is 1.86. The molecule has 8 heteroatoms. The van der Waals surface area contributed by atoms with Gasteiger partial charge in [-0.1, -0.05) is 18.2 Å². The van der Waals surface area contributed by atoms with E-state index in [4.69, 9.17) is 4.74 Å². The molecule has 0 fully saturated rings. The van der Waals surface area contributed by atoms with Crippen molar-refractivity contribution in [3.8, 4) is 5.75 Å². The Morgan fingerprint density at radius 3 is 2.64 bits per heavy atom. The van der Waals surface area contributed by atoms with E-state index in [1.54, 1.807) is 37.2 Å². The number of benzene rings is 1. The van der Waals surface area contributed by atoms with Gasteiger partial charge in [0.1, 0.15) is 5.75 Å². The Morgan fingerprint density at radius 2 is 2.00 bits per heavy atom. The zero-order valence-corrected chi connectivity index (χ0v) is 16.9. The van der Waals surface area contributed by atoms with Crippen LogP contribution in [0.3, 0.4) is 0 Å². The van der Waals surface area contributed by atoms with Crippen LogP contribution >= 0.6 is 11.3 Å². The third-order valence-electron chi connectivity index (χ3n) is 4.43. The molecule has 0 saturated heterocycles. The number of ether oxygens (including phenoxy) is 1. The lowest BCUT2D eigenvalue weighted by molar-refractivity contribution is -0.136. The van der Waals surface area contributed by atoms with Gasteiger partial charge in [0, 0.05) is 25.9 Å². The number of fused-ring (bicyclic) bond motifs is 1. The molecule has 1 aromatic heterocycles. The number of rotatable bonds is 5. The van der Waals surface area contributed by atoms with Crippen molar-refractivity contribution < 1.29 is 19.1 Å². The maximum atomic E-state index is 13.2. The van der Waals surface area contributed by atoms with Crippen LogP contribution in [0.15, 0.2) is 41.8 Å². The van der Waals surface area contributed by atoms with Gasteiger partial charge in [-0.15, -0.1) is 11.3 Å². The second kappa shape index (κ2) is 8.43. The minimum atomic E-state index is -0.769. The summed E-state index contributed by atoms with van der Waals surface area (Å²) in [5.74, 6) is -0.0906. The second-order valence-electron chi connectivity index (χ2n) is 6.78. The van der Waals surface area contributed by atoms with Crippen LogP contribution < -0.4 is 15.0 Å². The molecule has 148 valence electrons. The van der Waals surface area contributed by atoms with Crippen LogP contribution in [0, 0.1) is 0 Å². The van der Waals surface area contributed by atoms with E-state index >= 15 is 0 Å². The minimum absolute atomic E-state index is 0.0945. The summed E-state index contributed by atoms with van der Waals surface area (Å²) in [5, 5.41) is 4.75. The molecule has 3 amide bonds. The van der Waals surface area contributed by atoms with Crippen molar-refractivity contribution in [2.45, 2.75) is 25.5 Å². The maximum Gasteiger partial charge on any atom is 0.265 e. The number of anilines is 1. The Morgan fingerprint density at radius 1 is 1.25 bits per heavy atom. The number of hydrogen-bond acceptors (Lipinski definition) is 5. The van der Waals surface area contributed by atoms with Gasteiger partial charge in [-0.05, 0) is 23.6 Å². The zero-order chi connectivity index (χ0) is 20.3. The maximum absolute atomic E-state index is 13.2. The lowest BCUT2D eigenvalue weighted by Crippen LogP contribution is -2.50. The van der Waals surface area contributed by atoms with Gasteiger partial charge in [0.15, 0.2) is 6.10 Å². The largest absolute Gasteiger partial charge is 0.476 e. The fourth-order valence-electron chi connectivity index (χ4n) is 3.13. The average molecular weight is 401 g/mol. The summed E-state index contributed by atoms with van der Waals surface area (Å²) in [6.45, 7) is 1.56. The van der Waals surface area contributed by atoms with Crippen LogP contribution in [0.4, 0.5) is 5.69 Å². The highest BCUT2D eigenvalue weighted by Gasteiger charge is 2.35. The van der Waals surface area contributed by atoms with Crippen LogP contribution in [0.2, 0.25) is 0 Å². The summed E-state index contributed by atoms with van der Waals surface area (Å²) in [7, 11) is 3.31. The fourth-order valence-corrected chi connectivity index (χ4v) is 3.91. The second-order valence-corrected chi connectivity index (χ2v) is 7.76. The number of nitrogens with zero attached hydrogens (tertiary/aromatic N) is 2. The monoisotopic (exact) mass is 401 g/mol. The number of para-hydroxylation sites is 2. The summed E-state index contributed by atoms with van der Waals surface area (Å²) in [5.41, 5.74) is 0.628. The number of amides is 3. The molecule has 0 spiro atoms. The third-order valence-corrected chi connectivity index (χ3v) is 5.42. The predicted octanol–water partition coefficient (Wildman–Crippen LogP) is 2.20. The van der Waals surface area contributed by atoms with Crippen LogP contribution in [-0.2, 0) is 14.4 Å². The third kappa shape index (κ3) is 4.33. The Bertz CT molecular complexity index is 866. The predicted molar refractivity (Wildman–Crippen MR) is 107 cm³/mol. The van der Waals surface area contributed by atoms with Gasteiger partial charge < -0.3 is 19.9 Å². The summed E-state index contributed by atoms with van der Waals surface area (Å²) < 4.78 is 5.82. The Kier molecular flexibility index (Phi) is 5.99. The van der Waals surface area contributed by atoms with Gasteiger partial charge in [-0.2, -0.15) is 0 Å². The molecule has 2 atom stereocenters. The molecule has 1 aromatic carbocycles. The summed E-state index contributed by atoms with van der Waals surface area (Å²) in [4.78, 5) is 41.2. The number of hydrogen-bond donors (Lipinski definition) is 1. The normalized spacial score (nSPS) is 16.5. The molecule has 2 heterocycles. The number of thiophene rings is 1. The standard InChI is InChI=1S/C20H23N3O4S/c1-13(24)21-14(18-9-6-10-28-18)11-19(25)23-12-17(20(26)22(2)3)27-16-8-5-4-7-15(16)23/h4-10,14,17H,11-12H2,1-3H3,(H,21,24)/t14-,17+/m0/s1. The fraction of sp³-hybridized carbons (Fsp3) is 0.350. The summed E-state index contributed by atoms with van der Waals surface area (Å²) >= 11 is 1.49. The van der Waals surface area contributed by atoms with Gasteiger partial charge in [0.25, 0.3) is 5.91 Å². The van der Waals surface area contributed by atoms with E-state index in [1.807, 2.05) is 23.6 Å². The van der Waals surface area contributed by atoms with Crippen molar-refractivity contribution in [3.05, 3.63) is 46.7 Å². The molecule has 2 aromatic rings. The van der Waals surface area contributed by atoms with E-state index < -0.39 is 12.1 Å². The molecule has 0 radical (unpaired) electrons. The van der Waals surface area contributed by atoms with Gasteiger partial charge >= 0.3 is 0 Å². The van der Waals surface area contributed by atoms with Crippen molar-refractivity contribution in [2.24, 2.45) is 0 Å². The highest BCUT2D eigenvalue weighted by molar-refractivity contribution is 7.10. The molecule has 0 saturated carbocycles. The van der Waals surface area contributed by atoms with Crippen LogP contribution in [0.5, 0.6) is 5.75 Å². The van der Waals surface area contributed by atoms with Crippen molar-refractivity contribution in [3.63, 3.8) is 0 Å². The Hall–Kier alpha value is -2.87. The van der Waals surface area contributed by atoms with Gasteiger partial charge in [-0.3, -0.25) is 14.4 Å². The Labute approximate surface area is 167 Å². The molecule has 0 unspecified atom stereocenters. The van der Waals surface area contributed by atoms with Crippen molar-refractivity contribution >= 4 is 34.7 Å². The van der Waals surface area contributed by atoms with Crippen LogP contribution in [-0.4, -0.2) is 49.4 Å². The van der Waals surface area contributed by atoms with Crippen LogP contribution in [0.1, 0.15) is 24.3 Å². The molecule has 1 aliphatic rings. The molecule has 7 nitrogen and oxygen atoms in total. The topological polar surface area (TPSA) is 79.0 Å². The summed E-state index contributed by atoms with van der Waals surface area (Å²) in [6.07, 6.45) is -0.674. The summed E-state index contributed by atoms with van der Waals surface area (Å²) in [6, 6.07) is 10.5. The van der Waals surface area contributed by atoms with Crippen LogP contribution in [0.25, 0.3) is 0 Å². The first-order chi connectivity index (χ1) is 13.4. The van der Waals surface area contributed by atoms with E-state index in [1.165, 1.54) is 23.2 Å². The average Bonchev–Trinajstić information content (AvgIpc) is 3.20. The molecular formula is C20H23N3O4S. The van der Waals surface area contributed by atoms with E-state index in [0.717, 1.165) is 4.88 Å². The van der Waals surface area contributed by atoms with E-state index in [9.17, 15) is 14.4 Å². The number of likely N-dealkylation sites (N-methyl/N-ethyl adjacent to an activating group) is 1. The van der Waals surface area contributed by atoms with Gasteiger partial charge in [0.2, 0.25) is 11.8 Å². The molecule has 1 N–H and O–H groups in total. The van der Waals surface area contributed by atoms with E-state index in [0.29, 0.717) is 11.4 Å². The number of carbonyl (C=O) groups is 3. The lowest BCUT2D eigenvalue weighted by Gasteiger charge is -2.35. The zero-order valence-electron chi connectivity index (χ0n) is 16.0. The van der Waals surface area contributed by atoms with Gasteiger partial charge in [-0.25, -0.2) is 0 Å². The molecule has 0 bridgehead atoms. The number of nitrogens with one attached hydrogen (secondary N) is 1. The molecule has 0 aliphatic carbocycles. The smallest absolute Gasteiger partial charge is 0.265 e. The van der Waals surface area contributed by atoms with E-state index in [-0.39, 0.29) is 30.7 Å². The molecular weight excluding hydrogens is 378 g/mol. The first-order valence-corrected chi connectivity index (χ1v) is 9.82. The number of carbonyl (C=O) groups excluding carboxylic acids is 3. The lowest BCUT2D eigenvalue weighted by atomic mass is 10.1. The molecule has 3 rings (SSSR count). The molecule has 1 aliphatic heterocycles. The first kappa shape index (κ1) is 19.9. The van der Waals surface area contributed by atoms with Crippen molar-refractivity contribution in [2.75, 3.05) is 25.5 Å².